The molecule has 2 aromatic carbocycles. The molecule has 0 amide bonds. The van der Waals surface area contributed by atoms with Crippen LogP contribution in [-0.4, -0.2) is 6.21 Å². The van der Waals surface area contributed by atoms with E-state index in [1.807, 2.05) is 30.4 Å². The first-order valence-electron chi connectivity index (χ1n) is 6.08. The third-order valence-electron chi connectivity index (χ3n) is 2.49. The van der Waals surface area contributed by atoms with E-state index in [2.05, 4.69) is 53.3 Å². The van der Waals surface area contributed by atoms with E-state index in [-0.39, 0.29) is 0 Å². The van der Waals surface area contributed by atoms with Crippen LogP contribution in [0.3, 0.4) is 0 Å². The number of hydrazone groups is 1. The van der Waals surface area contributed by atoms with Gasteiger partial charge in [-0.25, -0.2) is 4.83 Å². The van der Waals surface area contributed by atoms with Crippen molar-refractivity contribution in [3.05, 3.63) is 71.8 Å². The maximum absolute atomic E-state index is 4.11. The lowest BCUT2D eigenvalue weighted by Gasteiger charge is -1.99. The number of nitrogens with zero attached hydrogens (tertiary/aromatic N) is 1. The Hall–Kier alpha value is -2.00. The van der Waals surface area contributed by atoms with Crippen LogP contribution < -0.4 is 4.83 Å². The molecule has 0 bridgehead atoms. The van der Waals surface area contributed by atoms with Gasteiger partial charge in [-0.1, -0.05) is 54.1 Å². The van der Waals surface area contributed by atoms with Gasteiger partial charge in [0.15, 0.2) is 0 Å². The molecule has 0 unspecified atom stereocenters. The van der Waals surface area contributed by atoms with Crippen LogP contribution in [0.5, 0.6) is 0 Å². The second kappa shape index (κ2) is 7.44. The van der Waals surface area contributed by atoms with Crippen LogP contribution in [0.2, 0.25) is 0 Å². The van der Waals surface area contributed by atoms with Gasteiger partial charge in [0.1, 0.15) is 0 Å². The second-order valence-electron chi connectivity index (χ2n) is 4.05. The highest BCUT2D eigenvalue weighted by atomic mass is 32.2. The lowest BCUT2D eigenvalue weighted by molar-refractivity contribution is 1.12. The number of allylic oxidation sites excluding steroid dienone is 1. The van der Waals surface area contributed by atoms with Gasteiger partial charge in [-0.3, -0.25) is 0 Å². The van der Waals surface area contributed by atoms with Crippen molar-refractivity contribution in [3.63, 3.8) is 0 Å². The minimum Gasteiger partial charge on any atom is -0.247 e. The summed E-state index contributed by atoms with van der Waals surface area (Å²) in [5.41, 5.74) is 2.43. The van der Waals surface area contributed by atoms with E-state index >= 15 is 0 Å². The zero-order chi connectivity index (χ0) is 13.3. The Morgan fingerprint density at radius 1 is 1.00 bits per heavy atom. The van der Waals surface area contributed by atoms with Gasteiger partial charge in [-0.2, -0.15) is 5.10 Å². The third kappa shape index (κ3) is 5.02. The van der Waals surface area contributed by atoms with Crippen molar-refractivity contribution >= 4 is 24.2 Å². The molecule has 0 aliphatic carbocycles. The molecule has 0 aliphatic rings. The average molecular weight is 268 g/mol. The standard InChI is InChI=1S/C16H16N2S/c1-14-9-11-16(12-10-14)19-18-17-13-5-8-15-6-3-2-4-7-15/h2-13,18H,1H3/b8-5+,17-13+. The van der Waals surface area contributed by atoms with Gasteiger partial charge in [0, 0.05) is 23.1 Å². The minimum atomic E-state index is 1.15. The molecule has 2 aromatic rings. The molecule has 3 heteroatoms. The van der Waals surface area contributed by atoms with Gasteiger partial charge < -0.3 is 0 Å². The Morgan fingerprint density at radius 2 is 1.74 bits per heavy atom. The fraction of sp³-hybridized carbons (Fsp3) is 0.0625. The minimum absolute atomic E-state index is 1.15. The molecule has 2 nitrogen and oxygen atoms in total. The molecule has 0 saturated carbocycles. The van der Waals surface area contributed by atoms with E-state index in [4.69, 9.17) is 0 Å². The number of nitrogens with one attached hydrogen (secondary N) is 1. The summed E-state index contributed by atoms with van der Waals surface area (Å²) in [5.74, 6) is 0. The summed E-state index contributed by atoms with van der Waals surface area (Å²) in [6.45, 7) is 2.08. The summed E-state index contributed by atoms with van der Waals surface area (Å²) >= 11 is 1.49. The zero-order valence-electron chi connectivity index (χ0n) is 10.8. The lowest BCUT2D eigenvalue weighted by atomic mass is 10.2. The summed E-state index contributed by atoms with van der Waals surface area (Å²) in [5, 5.41) is 4.11. The molecule has 0 atom stereocenters. The molecule has 0 fully saturated rings. The first-order valence-corrected chi connectivity index (χ1v) is 6.89. The van der Waals surface area contributed by atoms with Crippen LogP contribution in [0.1, 0.15) is 11.1 Å². The molecule has 0 aliphatic heterocycles. The highest BCUT2D eigenvalue weighted by molar-refractivity contribution is 7.97. The van der Waals surface area contributed by atoms with Crippen molar-refractivity contribution in [1.29, 1.82) is 0 Å². The number of rotatable bonds is 5. The molecule has 0 spiro atoms. The highest BCUT2D eigenvalue weighted by Crippen LogP contribution is 2.14. The van der Waals surface area contributed by atoms with Crippen molar-refractivity contribution in [2.75, 3.05) is 0 Å². The molecule has 0 radical (unpaired) electrons. The van der Waals surface area contributed by atoms with E-state index in [0.29, 0.717) is 0 Å². The number of hydrogen-bond donors (Lipinski definition) is 1. The van der Waals surface area contributed by atoms with Crippen LogP contribution in [0.4, 0.5) is 0 Å². The van der Waals surface area contributed by atoms with Gasteiger partial charge in [-0.15, -0.1) is 0 Å². The highest BCUT2D eigenvalue weighted by Gasteiger charge is 1.90. The normalized spacial score (nSPS) is 11.2. The van der Waals surface area contributed by atoms with Crippen LogP contribution >= 0.6 is 11.9 Å². The fourth-order valence-electron chi connectivity index (χ4n) is 1.48. The van der Waals surface area contributed by atoms with Crippen molar-refractivity contribution in [1.82, 2.24) is 4.83 Å². The maximum Gasteiger partial charge on any atom is 0.0478 e. The quantitative estimate of drug-likeness (QED) is 0.497. The Morgan fingerprint density at radius 3 is 2.47 bits per heavy atom. The van der Waals surface area contributed by atoms with Gasteiger partial charge in [0.25, 0.3) is 0 Å². The van der Waals surface area contributed by atoms with Gasteiger partial charge in [0.05, 0.1) is 0 Å². The van der Waals surface area contributed by atoms with Crippen molar-refractivity contribution in [3.8, 4) is 0 Å². The van der Waals surface area contributed by atoms with E-state index in [0.717, 1.165) is 4.90 Å². The van der Waals surface area contributed by atoms with Crippen molar-refractivity contribution in [2.45, 2.75) is 11.8 Å². The first-order chi connectivity index (χ1) is 9.34. The van der Waals surface area contributed by atoms with E-state index in [1.165, 1.54) is 23.1 Å². The van der Waals surface area contributed by atoms with Crippen LogP contribution in [0.25, 0.3) is 6.08 Å². The summed E-state index contributed by atoms with van der Waals surface area (Å²) < 4.78 is 0. The smallest absolute Gasteiger partial charge is 0.0478 e. The van der Waals surface area contributed by atoms with Gasteiger partial charge in [0.2, 0.25) is 0 Å². The Balaban J connectivity index is 1.75. The number of hydrogen-bond acceptors (Lipinski definition) is 3. The maximum atomic E-state index is 4.11. The molecule has 0 heterocycles. The van der Waals surface area contributed by atoms with Gasteiger partial charge in [-0.05, 0) is 30.7 Å². The monoisotopic (exact) mass is 268 g/mol. The largest absolute Gasteiger partial charge is 0.247 e. The number of benzene rings is 2. The van der Waals surface area contributed by atoms with Crippen molar-refractivity contribution in [2.24, 2.45) is 5.10 Å². The Labute approximate surface area is 118 Å². The predicted octanol–water partition coefficient (Wildman–Crippen LogP) is 4.29. The third-order valence-corrected chi connectivity index (χ3v) is 3.19. The summed E-state index contributed by atoms with van der Waals surface area (Å²) in [4.78, 5) is 4.09. The number of aryl methyl sites for hydroxylation is 1. The summed E-state index contributed by atoms with van der Waals surface area (Å²) in [7, 11) is 0. The fourth-order valence-corrected chi connectivity index (χ4v) is 1.97. The molecule has 96 valence electrons. The molecule has 19 heavy (non-hydrogen) atoms. The van der Waals surface area contributed by atoms with E-state index < -0.39 is 0 Å². The molecule has 0 saturated heterocycles. The first kappa shape index (κ1) is 13.4. The van der Waals surface area contributed by atoms with Crippen LogP contribution in [0, 0.1) is 6.92 Å². The Kier molecular flexibility index (Phi) is 5.26. The van der Waals surface area contributed by atoms with E-state index in [9.17, 15) is 0 Å². The van der Waals surface area contributed by atoms with E-state index in [1.54, 1.807) is 6.21 Å². The Bertz CT molecular complexity index is 545. The second-order valence-corrected chi connectivity index (χ2v) is 4.91. The van der Waals surface area contributed by atoms with Crippen LogP contribution in [0.15, 0.2) is 70.7 Å². The summed E-state index contributed by atoms with van der Waals surface area (Å²) in [6, 6.07) is 18.5. The molecular weight excluding hydrogens is 252 g/mol. The lowest BCUT2D eigenvalue weighted by Crippen LogP contribution is -1.91. The van der Waals surface area contributed by atoms with Crippen LogP contribution in [-0.2, 0) is 0 Å². The zero-order valence-corrected chi connectivity index (χ0v) is 11.6. The molecule has 2 rings (SSSR count). The SMILES string of the molecule is Cc1ccc(SN/N=C/C=C/c2ccccc2)cc1. The molecular formula is C16H16N2S. The molecule has 1 N–H and O–H groups in total. The molecule has 0 aromatic heterocycles. The predicted molar refractivity (Wildman–Crippen MR) is 84.1 cm³/mol. The topological polar surface area (TPSA) is 24.4 Å². The summed E-state index contributed by atoms with van der Waals surface area (Å²) in [6.07, 6.45) is 5.67. The average Bonchev–Trinajstić information content (AvgIpc) is 2.46. The van der Waals surface area contributed by atoms with Gasteiger partial charge >= 0.3 is 0 Å². The van der Waals surface area contributed by atoms with Crippen molar-refractivity contribution < 1.29 is 0 Å².